The van der Waals surface area contributed by atoms with Gasteiger partial charge in [-0.1, -0.05) is 12.1 Å². The van der Waals surface area contributed by atoms with Gasteiger partial charge in [0, 0.05) is 26.2 Å². The number of piperazine rings is 1. The Hall–Kier alpha value is -1.44. The van der Waals surface area contributed by atoms with Crippen molar-refractivity contribution < 1.29 is 13.2 Å². The Kier molecular flexibility index (Phi) is 4.89. The zero-order chi connectivity index (χ0) is 16.5. The fraction of sp³-hybridized carbons (Fsp3) is 0.533. The average Bonchev–Trinajstić information content (AvgIpc) is 2.48. The number of benzene rings is 1. The Morgan fingerprint density at radius 1 is 1.18 bits per heavy atom. The van der Waals surface area contributed by atoms with E-state index in [4.69, 9.17) is 5.73 Å². The van der Waals surface area contributed by atoms with Gasteiger partial charge in [0.25, 0.3) is 0 Å². The first-order valence-corrected chi connectivity index (χ1v) is 8.79. The molecule has 0 radical (unpaired) electrons. The summed E-state index contributed by atoms with van der Waals surface area (Å²) in [5, 5.41) is 0. The minimum absolute atomic E-state index is 0.135. The maximum Gasteiger partial charge on any atom is 0.243 e. The smallest absolute Gasteiger partial charge is 0.243 e. The van der Waals surface area contributed by atoms with Crippen molar-refractivity contribution in [1.29, 1.82) is 0 Å². The Morgan fingerprint density at radius 2 is 1.77 bits per heavy atom. The fourth-order valence-corrected chi connectivity index (χ4v) is 4.29. The summed E-state index contributed by atoms with van der Waals surface area (Å²) in [6.45, 7) is 6.67. The van der Waals surface area contributed by atoms with Crippen LogP contribution in [0.5, 0.6) is 0 Å². The van der Waals surface area contributed by atoms with Gasteiger partial charge in [-0.2, -0.15) is 4.31 Å². The van der Waals surface area contributed by atoms with E-state index in [0.717, 1.165) is 11.1 Å². The van der Waals surface area contributed by atoms with Crippen LogP contribution in [0.2, 0.25) is 0 Å². The predicted octanol–water partition coefficient (Wildman–Crippen LogP) is 0.484. The van der Waals surface area contributed by atoms with E-state index in [0.29, 0.717) is 31.1 Å². The van der Waals surface area contributed by atoms with E-state index < -0.39 is 16.1 Å². The van der Waals surface area contributed by atoms with Crippen molar-refractivity contribution in [3.8, 4) is 0 Å². The van der Waals surface area contributed by atoms with Crippen molar-refractivity contribution in [2.45, 2.75) is 31.7 Å². The molecule has 0 spiro atoms. The third-order valence-electron chi connectivity index (χ3n) is 3.90. The highest BCUT2D eigenvalue weighted by molar-refractivity contribution is 7.89. The standard InChI is InChI=1S/C15H23N3O3S/c1-11-4-5-12(2)14(10-11)22(20,21)18-8-6-17(7-9-18)15(19)13(3)16/h4-5,10,13H,6-9,16H2,1-3H3. The largest absolute Gasteiger partial charge is 0.339 e. The number of nitrogens with two attached hydrogens (primary N) is 1. The Morgan fingerprint density at radius 3 is 2.32 bits per heavy atom. The number of hydrogen-bond donors (Lipinski definition) is 1. The second kappa shape index (κ2) is 6.36. The Labute approximate surface area is 131 Å². The second-order valence-electron chi connectivity index (χ2n) is 5.79. The van der Waals surface area contributed by atoms with Crippen LogP contribution in [0.4, 0.5) is 0 Å². The van der Waals surface area contributed by atoms with Crippen molar-refractivity contribution in [2.24, 2.45) is 5.73 Å². The molecule has 0 bridgehead atoms. The molecule has 1 amide bonds. The van der Waals surface area contributed by atoms with E-state index in [2.05, 4.69) is 0 Å². The van der Waals surface area contributed by atoms with Crippen molar-refractivity contribution in [1.82, 2.24) is 9.21 Å². The second-order valence-corrected chi connectivity index (χ2v) is 7.69. The lowest BCUT2D eigenvalue weighted by Crippen LogP contribution is -2.53. The van der Waals surface area contributed by atoms with E-state index in [1.54, 1.807) is 24.8 Å². The predicted molar refractivity (Wildman–Crippen MR) is 84.9 cm³/mol. The number of aryl methyl sites for hydroxylation is 2. The van der Waals surface area contributed by atoms with Gasteiger partial charge in [-0.15, -0.1) is 0 Å². The quantitative estimate of drug-likeness (QED) is 0.876. The molecule has 1 fully saturated rings. The van der Waals surface area contributed by atoms with Crippen LogP contribution in [-0.2, 0) is 14.8 Å². The highest BCUT2D eigenvalue weighted by atomic mass is 32.2. The number of hydrogen-bond acceptors (Lipinski definition) is 4. The molecule has 0 saturated carbocycles. The van der Waals surface area contributed by atoms with Gasteiger partial charge in [0.1, 0.15) is 0 Å². The first kappa shape index (κ1) is 16.9. The van der Waals surface area contributed by atoms with E-state index in [9.17, 15) is 13.2 Å². The zero-order valence-electron chi connectivity index (χ0n) is 13.2. The summed E-state index contributed by atoms with van der Waals surface area (Å²) in [6.07, 6.45) is 0. The summed E-state index contributed by atoms with van der Waals surface area (Å²) >= 11 is 0. The molecular weight excluding hydrogens is 302 g/mol. The molecule has 0 aromatic heterocycles. The van der Waals surface area contributed by atoms with Crippen LogP contribution < -0.4 is 5.73 Å². The summed E-state index contributed by atoms with van der Waals surface area (Å²) in [5.74, 6) is -0.135. The topological polar surface area (TPSA) is 83.7 Å². The van der Waals surface area contributed by atoms with E-state index in [1.807, 2.05) is 19.1 Å². The molecule has 1 heterocycles. The van der Waals surface area contributed by atoms with E-state index in [-0.39, 0.29) is 5.91 Å². The van der Waals surface area contributed by atoms with Crippen LogP contribution in [0.15, 0.2) is 23.1 Å². The van der Waals surface area contributed by atoms with Gasteiger partial charge < -0.3 is 10.6 Å². The fourth-order valence-electron chi connectivity index (χ4n) is 2.56. The highest BCUT2D eigenvalue weighted by Gasteiger charge is 2.31. The van der Waals surface area contributed by atoms with Crippen LogP contribution in [-0.4, -0.2) is 55.8 Å². The molecule has 122 valence electrons. The number of nitrogens with zero attached hydrogens (tertiary/aromatic N) is 2. The summed E-state index contributed by atoms with van der Waals surface area (Å²) in [6, 6.07) is 4.86. The lowest BCUT2D eigenvalue weighted by atomic mass is 10.2. The summed E-state index contributed by atoms with van der Waals surface area (Å²) in [5.41, 5.74) is 7.24. The molecule has 1 atom stereocenters. The molecule has 1 aromatic rings. The van der Waals surface area contributed by atoms with Crippen LogP contribution in [0.3, 0.4) is 0 Å². The number of rotatable bonds is 3. The number of sulfonamides is 1. The Balaban J connectivity index is 2.16. The molecule has 1 aliphatic rings. The number of amides is 1. The van der Waals surface area contributed by atoms with E-state index >= 15 is 0 Å². The van der Waals surface area contributed by atoms with Gasteiger partial charge in [0.2, 0.25) is 15.9 Å². The average molecular weight is 325 g/mol. The van der Waals surface area contributed by atoms with Gasteiger partial charge in [-0.25, -0.2) is 8.42 Å². The summed E-state index contributed by atoms with van der Waals surface area (Å²) in [7, 11) is -3.52. The molecule has 1 aliphatic heterocycles. The minimum Gasteiger partial charge on any atom is -0.339 e. The maximum atomic E-state index is 12.8. The van der Waals surface area contributed by atoms with Crippen molar-refractivity contribution in [2.75, 3.05) is 26.2 Å². The van der Waals surface area contributed by atoms with Crippen molar-refractivity contribution in [3.63, 3.8) is 0 Å². The molecule has 1 saturated heterocycles. The molecule has 22 heavy (non-hydrogen) atoms. The van der Waals surface area contributed by atoms with Gasteiger partial charge in [-0.3, -0.25) is 4.79 Å². The van der Waals surface area contributed by atoms with Gasteiger partial charge in [-0.05, 0) is 38.0 Å². The molecule has 2 N–H and O–H groups in total. The van der Waals surface area contributed by atoms with Gasteiger partial charge >= 0.3 is 0 Å². The molecule has 1 unspecified atom stereocenters. The van der Waals surface area contributed by atoms with Crippen LogP contribution in [0, 0.1) is 13.8 Å². The third-order valence-corrected chi connectivity index (χ3v) is 5.94. The highest BCUT2D eigenvalue weighted by Crippen LogP contribution is 2.22. The number of carbonyl (C=O) groups excluding carboxylic acids is 1. The SMILES string of the molecule is Cc1ccc(C)c(S(=O)(=O)N2CCN(C(=O)C(C)N)CC2)c1. The first-order chi connectivity index (χ1) is 10.2. The minimum atomic E-state index is -3.52. The zero-order valence-corrected chi connectivity index (χ0v) is 14.1. The van der Waals surface area contributed by atoms with Crippen LogP contribution >= 0.6 is 0 Å². The third kappa shape index (κ3) is 3.31. The van der Waals surface area contributed by atoms with Gasteiger partial charge in [0.05, 0.1) is 10.9 Å². The van der Waals surface area contributed by atoms with Crippen LogP contribution in [0.1, 0.15) is 18.1 Å². The number of carbonyl (C=O) groups is 1. The monoisotopic (exact) mass is 325 g/mol. The molecule has 6 nitrogen and oxygen atoms in total. The lowest BCUT2D eigenvalue weighted by Gasteiger charge is -2.35. The molecule has 1 aromatic carbocycles. The first-order valence-electron chi connectivity index (χ1n) is 7.35. The maximum absolute atomic E-state index is 12.8. The molecule has 2 rings (SSSR count). The molecule has 0 aliphatic carbocycles. The van der Waals surface area contributed by atoms with Crippen molar-refractivity contribution >= 4 is 15.9 Å². The summed E-state index contributed by atoms with van der Waals surface area (Å²) in [4.78, 5) is 13.8. The summed E-state index contributed by atoms with van der Waals surface area (Å²) < 4.78 is 27.0. The van der Waals surface area contributed by atoms with Gasteiger partial charge in [0.15, 0.2) is 0 Å². The molecular formula is C15H23N3O3S. The normalized spacial score (nSPS) is 18.3. The lowest BCUT2D eigenvalue weighted by molar-refractivity contribution is -0.133. The Bertz CT molecular complexity index is 663. The molecule has 7 heteroatoms. The van der Waals surface area contributed by atoms with Crippen LogP contribution in [0.25, 0.3) is 0 Å². The van der Waals surface area contributed by atoms with E-state index in [1.165, 1.54) is 4.31 Å². The van der Waals surface area contributed by atoms with Crippen molar-refractivity contribution in [3.05, 3.63) is 29.3 Å².